The molecule has 1 aromatic rings. The van der Waals surface area contributed by atoms with Gasteiger partial charge in [-0.3, -0.25) is 4.90 Å². The van der Waals surface area contributed by atoms with Gasteiger partial charge in [-0.2, -0.15) is 13.2 Å². The zero-order chi connectivity index (χ0) is 20.5. The van der Waals surface area contributed by atoms with Gasteiger partial charge in [0.1, 0.15) is 12.2 Å². The van der Waals surface area contributed by atoms with Crippen molar-refractivity contribution >= 4 is 5.69 Å². The lowest BCUT2D eigenvalue weighted by Gasteiger charge is -2.45. The Hall–Kier alpha value is -1.39. The van der Waals surface area contributed by atoms with Crippen molar-refractivity contribution in [3.8, 4) is 0 Å². The molecule has 4 N–H and O–H groups in total. The Morgan fingerprint density at radius 3 is 2.11 bits per heavy atom. The molecule has 2 aliphatic heterocycles. The number of aliphatic hydroxyl groups excluding tert-OH is 4. The third-order valence-corrected chi connectivity index (χ3v) is 5.88. The first-order valence-electron chi connectivity index (χ1n) is 9.52. The Labute approximate surface area is 161 Å². The van der Waals surface area contributed by atoms with Crippen LogP contribution >= 0.6 is 0 Å². The van der Waals surface area contributed by atoms with E-state index in [2.05, 4.69) is 0 Å². The lowest BCUT2D eigenvalue weighted by molar-refractivity contribution is -0.147. The van der Waals surface area contributed by atoms with E-state index < -0.39 is 36.1 Å². The second-order valence-corrected chi connectivity index (χ2v) is 7.73. The minimum absolute atomic E-state index is 0.183. The van der Waals surface area contributed by atoms with Crippen LogP contribution in [-0.4, -0.2) is 82.5 Å². The van der Waals surface area contributed by atoms with E-state index in [4.69, 9.17) is 0 Å². The van der Waals surface area contributed by atoms with Crippen molar-refractivity contribution in [3.05, 3.63) is 29.8 Å². The fourth-order valence-corrected chi connectivity index (χ4v) is 4.15. The normalized spacial score (nSPS) is 30.6. The summed E-state index contributed by atoms with van der Waals surface area (Å²) in [5, 5.41) is 39.3. The van der Waals surface area contributed by atoms with Crippen molar-refractivity contribution in [3.63, 3.8) is 0 Å². The van der Waals surface area contributed by atoms with E-state index in [1.165, 1.54) is 12.1 Å². The molecule has 1 aromatic carbocycles. The van der Waals surface area contributed by atoms with Crippen LogP contribution in [0.3, 0.4) is 0 Å². The van der Waals surface area contributed by atoms with Crippen LogP contribution in [0.15, 0.2) is 24.3 Å². The summed E-state index contributed by atoms with van der Waals surface area (Å²) < 4.78 is 38.1. The van der Waals surface area contributed by atoms with Crippen LogP contribution in [0.2, 0.25) is 0 Å². The molecule has 0 aliphatic carbocycles. The molecule has 0 radical (unpaired) electrons. The molecule has 28 heavy (non-hydrogen) atoms. The average Bonchev–Trinajstić information content (AvgIpc) is 2.66. The molecule has 2 aliphatic rings. The van der Waals surface area contributed by atoms with Gasteiger partial charge in [-0.15, -0.1) is 0 Å². The van der Waals surface area contributed by atoms with Crippen LogP contribution in [0.5, 0.6) is 0 Å². The number of anilines is 1. The minimum Gasteiger partial charge on any atom is -0.395 e. The number of hydrogen-bond donors (Lipinski definition) is 4. The van der Waals surface area contributed by atoms with Gasteiger partial charge in [0.2, 0.25) is 0 Å². The van der Waals surface area contributed by atoms with Crippen molar-refractivity contribution in [1.82, 2.24) is 4.90 Å². The van der Waals surface area contributed by atoms with Crippen molar-refractivity contribution in [2.45, 2.75) is 43.4 Å². The van der Waals surface area contributed by atoms with Crippen molar-refractivity contribution in [2.75, 3.05) is 37.7 Å². The van der Waals surface area contributed by atoms with Crippen LogP contribution in [0.1, 0.15) is 18.4 Å². The monoisotopic (exact) mass is 404 g/mol. The molecular weight excluding hydrogens is 377 g/mol. The van der Waals surface area contributed by atoms with E-state index in [0.717, 1.165) is 30.7 Å². The number of piperidine rings is 2. The second kappa shape index (κ2) is 8.54. The summed E-state index contributed by atoms with van der Waals surface area (Å²) in [6, 6.07) is 4.55. The molecule has 2 saturated heterocycles. The van der Waals surface area contributed by atoms with E-state index in [1.807, 2.05) is 9.80 Å². The Morgan fingerprint density at radius 1 is 0.964 bits per heavy atom. The van der Waals surface area contributed by atoms with Crippen LogP contribution < -0.4 is 4.90 Å². The van der Waals surface area contributed by atoms with E-state index in [-0.39, 0.29) is 19.1 Å². The molecular formula is C19H27F3N2O4. The topological polar surface area (TPSA) is 87.4 Å². The van der Waals surface area contributed by atoms with Crippen LogP contribution in [0, 0.1) is 5.92 Å². The molecule has 9 heteroatoms. The largest absolute Gasteiger partial charge is 0.416 e. The van der Waals surface area contributed by atoms with Crippen molar-refractivity contribution in [1.29, 1.82) is 0 Å². The molecule has 2 fully saturated rings. The highest BCUT2D eigenvalue weighted by atomic mass is 19.4. The van der Waals surface area contributed by atoms with Gasteiger partial charge in [-0.05, 0) is 43.0 Å². The van der Waals surface area contributed by atoms with Gasteiger partial charge < -0.3 is 25.3 Å². The first-order chi connectivity index (χ1) is 13.2. The number of alkyl halides is 3. The van der Waals surface area contributed by atoms with Crippen LogP contribution in [0.4, 0.5) is 18.9 Å². The van der Waals surface area contributed by atoms with Gasteiger partial charge >= 0.3 is 6.18 Å². The Bertz CT molecular complexity index is 635. The smallest absolute Gasteiger partial charge is 0.395 e. The van der Waals surface area contributed by atoms with Gasteiger partial charge in [0, 0.05) is 31.9 Å². The summed E-state index contributed by atoms with van der Waals surface area (Å²) in [5.41, 5.74) is 0.0946. The van der Waals surface area contributed by atoms with Gasteiger partial charge in [0.15, 0.2) is 0 Å². The number of benzene rings is 1. The van der Waals surface area contributed by atoms with E-state index in [0.29, 0.717) is 19.6 Å². The number of nitrogens with zero attached hydrogens (tertiary/aromatic N) is 2. The summed E-state index contributed by atoms with van der Waals surface area (Å²) >= 11 is 0. The summed E-state index contributed by atoms with van der Waals surface area (Å²) in [7, 11) is 0. The van der Waals surface area contributed by atoms with Crippen molar-refractivity contribution < 1.29 is 33.6 Å². The highest BCUT2D eigenvalue weighted by molar-refractivity contribution is 5.48. The Morgan fingerprint density at radius 2 is 1.57 bits per heavy atom. The number of aliphatic hydroxyl groups is 4. The fraction of sp³-hybridized carbons (Fsp3) is 0.684. The number of β-amino-alcohol motifs (C(OH)–C–C–N with tert-alkyl or cyclic N) is 1. The quantitative estimate of drug-likeness (QED) is 0.591. The number of likely N-dealkylation sites (tertiary alicyclic amines) is 1. The molecule has 6 nitrogen and oxygen atoms in total. The standard InChI is InChI=1S/C19H27F3N2O4/c20-19(21,22)13-1-3-14(4-2-13)23-7-5-12(6-8-23)9-24-10-16(26)18(28)17(27)15(24)11-25/h1-4,12,15-18,25-28H,5-11H2/t15-,16-,17+,18+/m0/s1. The minimum atomic E-state index is -4.34. The molecule has 0 unspecified atom stereocenters. The summed E-state index contributed by atoms with van der Waals surface area (Å²) in [5.74, 6) is 0.273. The third-order valence-electron chi connectivity index (χ3n) is 5.88. The lowest BCUT2D eigenvalue weighted by atomic mass is 9.90. The average molecular weight is 404 g/mol. The van der Waals surface area contributed by atoms with Gasteiger partial charge in [-0.25, -0.2) is 0 Å². The molecule has 2 heterocycles. The fourth-order valence-electron chi connectivity index (χ4n) is 4.15. The SMILES string of the molecule is OC[C@H]1[C@@H](O)[C@H](O)[C@@H](O)CN1CC1CCN(c2ccc(C(F)(F)F)cc2)CC1. The maximum absolute atomic E-state index is 12.7. The maximum atomic E-state index is 12.7. The maximum Gasteiger partial charge on any atom is 0.416 e. The van der Waals surface area contributed by atoms with E-state index in [9.17, 15) is 33.6 Å². The molecule has 158 valence electrons. The molecule has 0 bridgehead atoms. The highest BCUT2D eigenvalue weighted by Crippen LogP contribution is 2.32. The summed E-state index contributed by atoms with van der Waals surface area (Å²) in [6.07, 6.45) is -6.26. The Kier molecular flexibility index (Phi) is 6.51. The number of rotatable bonds is 4. The van der Waals surface area contributed by atoms with E-state index >= 15 is 0 Å². The molecule has 0 amide bonds. The summed E-state index contributed by atoms with van der Waals surface area (Å²) in [4.78, 5) is 3.87. The lowest BCUT2D eigenvalue weighted by Crippen LogP contribution is -2.63. The molecule has 4 atom stereocenters. The zero-order valence-corrected chi connectivity index (χ0v) is 15.5. The van der Waals surface area contributed by atoms with Gasteiger partial charge in [0.25, 0.3) is 0 Å². The molecule has 3 rings (SSSR count). The van der Waals surface area contributed by atoms with E-state index in [1.54, 1.807) is 0 Å². The molecule has 0 aromatic heterocycles. The zero-order valence-electron chi connectivity index (χ0n) is 15.5. The van der Waals surface area contributed by atoms with Crippen LogP contribution in [0.25, 0.3) is 0 Å². The van der Waals surface area contributed by atoms with Crippen molar-refractivity contribution in [2.24, 2.45) is 5.92 Å². The first kappa shape index (κ1) is 21.3. The number of hydrogen-bond acceptors (Lipinski definition) is 6. The predicted octanol–water partition coefficient (Wildman–Crippen LogP) is 0.681. The third kappa shape index (κ3) is 4.60. The summed E-state index contributed by atoms with van der Waals surface area (Å²) in [6.45, 7) is 1.84. The van der Waals surface area contributed by atoms with Gasteiger partial charge in [0.05, 0.1) is 24.3 Å². The predicted molar refractivity (Wildman–Crippen MR) is 96.8 cm³/mol. The first-order valence-corrected chi connectivity index (χ1v) is 9.52. The molecule has 0 spiro atoms. The Balaban J connectivity index is 1.55. The number of halogens is 3. The van der Waals surface area contributed by atoms with Crippen LogP contribution in [-0.2, 0) is 6.18 Å². The van der Waals surface area contributed by atoms with Gasteiger partial charge in [-0.1, -0.05) is 0 Å². The molecule has 0 saturated carbocycles. The highest BCUT2D eigenvalue weighted by Gasteiger charge is 2.41. The second-order valence-electron chi connectivity index (χ2n) is 7.73.